The van der Waals surface area contributed by atoms with Crippen molar-refractivity contribution in [1.82, 2.24) is 0 Å². The highest BCUT2D eigenvalue weighted by molar-refractivity contribution is 7.47. The van der Waals surface area contributed by atoms with Crippen molar-refractivity contribution < 1.29 is 38.2 Å². The minimum atomic E-state index is -4.23. The van der Waals surface area contributed by atoms with Crippen LogP contribution in [-0.2, 0) is 22.3 Å². The van der Waals surface area contributed by atoms with Crippen molar-refractivity contribution in [3.8, 4) is 17.2 Å². The average Bonchev–Trinajstić information content (AvgIpc) is 2.71. The molecule has 1 unspecified atom stereocenters. The van der Waals surface area contributed by atoms with Crippen LogP contribution >= 0.6 is 7.82 Å². The van der Waals surface area contributed by atoms with Crippen molar-refractivity contribution in [1.29, 1.82) is 0 Å². The van der Waals surface area contributed by atoms with Gasteiger partial charge in [0, 0.05) is 12.7 Å². The zero-order chi connectivity index (χ0) is 20.7. The Kier molecular flexibility index (Phi) is 7.62. The van der Waals surface area contributed by atoms with Crippen LogP contribution in [0.25, 0.3) is 12.2 Å². The molecule has 0 bridgehead atoms. The molecule has 28 heavy (non-hydrogen) atoms. The molecule has 1 atom stereocenters. The normalized spacial score (nSPS) is 13.4. The number of hydrogen-bond donors (Lipinski definition) is 3. The van der Waals surface area contributed by atoms with Crippen molar-refractivity contribution in [2.24, 2.45) is 0 Å². The molecule has 0 fully saturated rings. The number of rotatable bonds is 9. The first-order valence-electron chi connectivity index (χ1n) is 8.23. The summed E-state index contributed by atoms with van der Waals surface area (Å²) in [5.41, 5.74) is 2.49. The van der Waals surface area contributed by atoms with Gasteiger partial charge in [-0.05, 0) is 41.0 Å². The molecule has 0 radical (unpaired) electrons. The largest absolute Gasteiger partial charge is 0.527 e. The molecule has 0 amide bonds. The highest BCUT2D eigenvalue weighted by Gasteiger charge is 2.22. The molecule has 0 spiro atoms. The van der Waals surface area contributed by atoms with E-state index in [1.807, 2.05) is 0 Å². The fourth-order valence-electron chi connectivity index (χ4n) is 2.55. The van der Waals surface area contributed by atoms with Gasteiger partial charge >= 0.3 is 7.82 Å². The summed E-state index contributed by atoms with van der Waals surface area (Å²) in [7, 11) is -0.266. The van der Waals surface area contributed by atoms with Gasteiger partial charge < -0.3 is 24.2 Å². The summed E-state index contributed by atoms with van der Waals surface area (Å²) in [5.74, 6) is 0.801. The Hall–Kier alpha value is -2.35. The predicted octanol–water partition coefficient (Wildman–Crippen LogP) is 2.98. The molecule has 0 heterocycles. The fraction of sp³-hybridized carbons (Fsp3) is 0.263. The Balaban J connectivity index is 2.37. The van der Waals surface area contributed by atoms with E-state index in [1.54, 1.807) is 36.4 Å². The molecular formula is C19H23O8P. The van der Waals surface area contributed by atoms with E-state index in [9.17, 15) is 19.7 Å². The van der Waals surface area contributed by atoms with E-state index in [2.05, 4.69) is 4.52 Å². The van der Waals surface area contributed by atoms with Gasteiger partial charge in [-0.2, -0.15) is 0 Å². The Morgan fingerprint density at radius 1 is 0.893 bits per heavy atom. The first-order chi connectivity index (χ1) is 13.4. The Bertz CT molecular complexity index is 868. The van der Waals surface area contributed by atoms with Crippen LogP contribution in [0.3, 0.4) is 0 Å². The monoisotopic (exact) mass is 410 g/mol. The van der Waals surface area contributed by atoms with E-state index in [-0.39, 0.29) is 24.7 Å². The number of phosphoric acid groups is 1. The number of methoxy groups -OCH3 is 2. The van der Waals surface area contributed by atoms with Crippen LogP contribution in [-0.4, -0.2) is 36.4 Å². The lowest BCUT2D eigenvalue weighted by Crippen LogP contribution is -1.99. The second kappa shape index (κ2) is 9.73. The zero-order valence-corrected chi connectivity index (χ0v) is 16.7. The first-order valence-corrected chi connectivity index (χ1v) is 9.72. The van der Waals surface area contributed by atoms with E-state index in [1.165, 1.54) is 20.3 Å². The van der Waals surface area contributed by atoms with Crippen molar-refractivity contribution >= 4 is 20.0 Å². The van der Waals surface area contributed by atoms with Crippen molar-refractivity contribution in [2.75, 3.05) is 21.3 Å². The van der Waals surface area contributed by atoms with Crippen molar-refractivity contribution in [2.45, 2.75) is 13.2 Å². The van der Waals surface area contributed by atoms with Gasteiger partial charge in [-0.3, -0.25) is 9.42 Å². The van der Waals surface area contributed by atoms with Gasteiger partial charge in [0.2, 0.25) is 0 Å². The minimum absolute atomic E-state index is 0.0570. The van der Waals surface area contributed by atoms with Crippen LogP contribution in [0.2, 0.25) is 0 Å². The maximum atomic E-state index is 11.7. The lowest BCUT2D eigenvalue weighted by molar-refractivity contribution is 0.239. The van der Waals surface area contributed by atoms with Crippen LogP contribution in [0.1, 0.15) is 22.3 Å². The molecule has 2 rings (SSSR count). The smallest absolute Gasteiger partial charge is 0.496 e. The molecule has 0 aliphatic rings. The molecule has 2 aromatic carbocycles. The molecule has 152 valence electrons. The third-order valence-corrected chi connectivity index (χ3v) is 4.86. The predicted molar refractivity (Wildman–Crippen MR) is 104 cm³/mol. The van der Waals surface area contributed by atoms with Crippen LogP contribution in [0.5, 0.6) is 17.2 Å². The van der Waals surface area contributed by atoms with E-state index < -0.39 is 7.82 Å². The zero-order valence-electron chi connectivity index (χ0n) is 15.8. The van der Waals surface area contributed by atoms with E-state index in [0.717, 1.165) is 12.7 Å². The van der Waals surface area contributed by atoms with Crippen LogP contribution in [0, 0.1) is 0 Å². The summed E-state index contributed by atoms with van der Waals surface area (Å²) in [6, 6.07) is 8.33. The lowest BCUT2D eigenvalue weighted by Gasteiger charge is -2.14. The lowest BCUT2D eigenvalue weighted by atomic mass is 10.0. The van der Waals surface area contributed by atoms with E-state index in [0.29, 0.717) is 22.4 Å². The summed E-state index contributed by atoms with van der Waals surface area (Å²) in [5, 5.41) is 19.0. The highest BCUT2D eigenvalue weighted by Crippen LogP contribution is 2.46. The molecule has 0 aliphatic carbocycles. The van der Waals surface area contributed by atoms with Crippen molar-refractivity contribution in [3.05, 3.63) is 52.6 Å². The topological polar surface area (TPSA) is 115 Å². The van der Waals surface area contributed by atoms with E-state index >= 15 is 0 Å². The first kappa shape index (κ1) is 21.9. The Morgan fingerprint density at radius 3 is 2.11 bits per heavy atom. The van der Waals surface area contributed by atoms with Crippen LogP contribution in [0.4, 0.5) is 0 Å². The number of benzene rings is 2. The second-order valence-corrected chi connectivity index (χ2v) is 7.15. The maximum Gasteiger partial charge on any atom is 0.527 e. The molecule has 0 saturated carbocycles. The van der Waals surface area contributed by atoms with Gasteiger partial charge in [0.25, 0.3) is 0 Å². The third kappa shape index (κ3) is 5.34. The number of ether oxygens (including phenoxy) is 2. The van der Waals surface area contributed by atoms with Crippen LogP contribution in [0.15, 0.2) is 30.3 Å². The number of aliphatic hydroxyl groups excluding tert-OH is 2. The van der Waals surface area contributed by atoms with Crippen LogP contribution < -0.4 is 14.0 Å². The average molecular weight is 410 g/mol. The summed E-state index contributed by atoms with van der Waals surface area (Å²) < 4.78 is 31.6. The highest BCUT2D eigenvalue weighted by atomic mass is 31.2. The standard InChI is InChI=1S/C19H23O8P/c1-24-17-7-6-13(9-19(17)27-28(22,23)26-3)4-5-14-8-15(11-20)16(12-21)18(10-14)25-2/h4-10,20-21H,11-12H2,1-3H3,(H,22,23)/b5-4-. The summed E-state index contributed by atoms with van der Waals surface area (Å²) >= 11 is 0. The molecular weight excluding hydrogens is 387 g/mol. The van der Waals surface area contributed by atoms with Gasteiger partial charge in [-0.15, -0.1) is 0 Å². The number of phosphoric ester groups is 1. The summed E-state index contributed by atoms with van der Waals surface area (Å²) in [6.45, 7) is -0.486. The molecule has 0 aromatic heterocycles. The van der Waals surface area contributed by atoms with E-state index in [4.69, 9.17) is 14.0 Å². The molecule has 0 aliphatic heterocycles. The van der Waals surface area contributed by atoms with Gasteiger partial charge in [0.15, 0.2) is 11.5 Å². The van der Waals surface area contributed by atoms with Gasteiger partial charge in [0.1, 0.15) is 5.75 Å². The summed E-state index contributed by atoms with van der Waals surface area (Å²) in [6.07, 6.45) is 3.51. The summed E-state index contributed by atoms with van der Waals surface area (Å²) in [4.78, 5) is 9.54. The quantitative estimate of drug-likeness (QED) is 0.427. The fourth-order valence-corrected chi connectivity index (χ4v) is 3.01. The SMILES string of the molecule is COc1ccc(/C=C\c2cc(CO)c(CO)c(OC)c2)cc1OP(=O)(O)OC. The Morgan fingerprint density at radius 2 is 1.54 bits per heavy atom. The van der Waals surface area contributed by atoms with Gasteiger partial charge in [-0.1, -0.05) is 18.2 Å². The molecule has 9 heteroatoms. The number of aliphatic hydroxyl groups is 2. The molecule has 2 aromatic rings. The molecule has 3 N–H and O–H groups in total. The maximum absolute atomic E-state index is 11.7. The second-order valence-electron chi connectivity index (χ2n) is 5.66. The Labute approximate surface area is 163 Å². The minimum Gasteiger partial charge on any atom is -0.496 e. The van der Waals surface area contributed by atoms with Gasteiger partial charge in [-0.25, -0.2) is 4.57 Å². The third-order valence-electron chi connectivity index (χ3n) is 3.97. The van der Waals surface area contributed by atoms with Crippen molar-refractivity contribution in [3.63, 3.8) is 0 Å². The number of hydrogen-bond acceptors (Lipinski definition) is 7. The molecule has 8 nitrogen and oxygen atoms in total. The molecule has 0 saturated heterocycles. The van der Waals surface area contributed by atoms with Gasteiger partial charge in [0.05, 0.1) is 27.4 Å².